The maximum absolute atomic E-state index is 13.0. The molecule has 2 heterocycles. The fraction of sp³-hybridized carbons (Fsp3) is 0.727. The van der Waals surface area contributed by atoms with Gasteiger partial charge in [0.05, 0.1) is 0 Å². The molecule has 1 aliphatic carbocycles. The summed E-state index contributed by atoms with van der Waals surface area (Å²) in [7, 11) is 4.16. The molecule has 0 radical (unpaired) electrons. The Hall–Kier alpha value is -1.86. The molecule has 1 aromatic heterocycles. The van der Waals surface area contributed by atoms with E-state index in [2.05, 4.69) is 24.3 Å². The second-order valence-corrected chi connectivity index (χ2v) is 8.92. The second kappa shape index (κ2) is 8.88. The number of hydrogen-bond acceptors (Lipinski definition) is 6. The summed E-state index contributed by atoms with van der Waals surface area (Å²) < 4.78 is 11.3. The van der Waals surface area contributed by atoms with Crippen LogP contribution in [0.3, 0.4) is 0 Å². The van der Waals surface area contributed by atoms with Crippen molar-refractivity contribution in [3.05, 3.63) is 27.8 Å². The number of aromatic hydroxyl groups is 1. The molecule has 1 saturated heterocycles. The Kier molecular flexibility index (Phi) is 6.69. The van der Waals surface area contributed by atoms with Gasteiger partial charge < -0.3 is 24.5 Å². The van der Waals surface area contributed by atoms with Crippen LogP contribution >= 0.6 is 0 Å². The lowest BCUT2D eigenvalue weighted by atomic mass is 9.74. The van der Waals surface area contributed by atoms with Gasteiger partial charge in [0.25, 0.3) is 0 Å². The average Bonchev–Trinajstić information content (AvgIpc) is 2.70. The van der Waals surface area contributed by atoms with Crippen LogP contribution in [0.2, 0.25) is 0 Å². The van der Waals surface area contributed by atoms with Crippen LogP contribution in [-0.2, 0) is 14.9 Å². The van der Waals surface area contributed by atoms with Crippen LogP contribution in [0.4, 0.5) is 0 Å². The van der Waals surface area contributed by atoms with E-state index in [1.54, 1.807) is 6.92 Å². The number of nitrogens with zero attached hydrogens (tertiary/aromatic N) is 1. The molecule has 29 heavy (non-hydrogen) atoms. The standard InChI is InChI=1S/C22H34N2O5/c1-16-13-17(25)19(27)20(29-16)21(9-11-28-12-10-21)14-18(26)23-15-22(24(2)3)7-5-4-6-8-22/h13,27H,4-12,14-15H2,1-3H3,(H,23,26). The quantitative estimate of drug-likeness (QED) is 0.754. The van der Waals surface area contributed by atoms with Crippen molar-refractivity contribution < 1.29 is 19.1 Å². The van der Waals surface area contributed by atoms with Crippen molar-refractivity contribution >= 4 is 5.91 Å². The molecule has 1 aliphatic heterocycles. The summed E-state index contributed by atoms with van der Waals surface area (Å²) in [6.45, 7) is 3.22. The number of aryl methyl sites for hydroxylation is 1. The minimum absolute atomic E-state index is 0.00517. The van der Waals surface area contributed by atoms with Gasteiger partial charge in [-0.15, -0.1) is 0 Å². The third-order valence-electron chi connectivity index (χ3n) is 6.82. The van der Waals surface area contributed by atoms with Crippen molar-refractivity contribution in [2.24, 2.45) is 0 Å². The molecule has 2 N–H and O–H groups in total. The van der Waals surface area contributed by atoms with Crippen molar-refractivity contribution in [2.45, 2.75) is 69.2 Å². The highest BCUT2D eigenvalue weighted by molar-refractivity contribution is 5.77. The molecule has 1 amide bonds. The molecule has 2 aliphatic rings. The van der Waals surface area contributed by atoms with Gasteiger partial charge in [0.2, 0.25) is 17.1 Å². The van der Waals surface area contributed by atoms with E-state index in [-0.39, 0.29) is 29.4 Å². The average molecular weight is 407 g/mol. The molecule has 162 valence electrons. The Morgan fingerprint density at radius 3 is 2.45 bits per heavy atom. The van der Waals surface area contributed by atoms with E-state index in [1.807, 2.05) is 0 Å². The summed E-state index contributed by atoms with van der Waals surface area (Å²) in [6, 6.07) is 1.27. The van der Waals surface area contributed by atoms with Crippen LogP contribution in [-0.4, -0.2) is 55.3 Å². The molecule has 0 atom stereocenters. The number of nitrogens with one attached hydrogen (secondary N) is 1. The summed E-state index contributed by atoms with van der Waals surface area (Å²) in [6.07, 6.45) is 6.98. The van der Waals surface area contributed by atoms with Crippen LogP contribution in [0.5, 0.6) is 5.75 Å². The maximum atomic E-state index is 13.0. The number of likely N-dealkylation sites (N-methyl/N-ethyl adjacent to an activating group) is 1. The second-order valence-electron chi connectivity index (χ2n) is 8.92. The highest BCUT2D eigenvalue weighted by Gasteiger charge is 2.42. The first-order valence-corrected chi connectivity index (χ1v) is 10.6. The lowest BCUT2D eigenvalue weighted by Crippen LogP contribution is -2.54. The maximum Gasteiger partial charge on any atom is 0.227 e. The van der Waals surface area contributed by atoms with E-state index in [0.29, 0.717) is 38.4 Å². The van der Waals surface area contributed by atoms with Crippen molar-refractivity contribution in [1.82, 2.24) is 10.2 Å². The van der Waals surface area contributed by atoms with E-state index in [4.69, 9.17) is 9.15 Å². The fourth-order valence-electron chi connectivity index (χ4n) is 4.83. The van der Waals surface area contributed by atoms with Gasteiger partial charge >= 0.3 is 0 Å². The Labute approximate surface area is 172 Å². The highest BCUT2D eigenvalue weighted by Crippen LogP contribution is 2.41. The fourth-order valence-corrected chi connectivity index (χ4v) is 4.83. The van der Waals surface area contributed by atoms with E-state index in [0.717, 1.165) is 12.8 Å². The SMILES string of the molecule is Cc1cc(=O)c(O)c(C2(CC(=O)NCC3(N(C)C)CCCCC3)CCOCC2)o1. The van der Waals surface area contributed by atoms with Gasteiger partial charge in [-0.3, -0.25) is 9.59 Å². The molecule has 7 nitrogen and oxygen atoms in total. The minimum Gasteiger partial charge on any atom is -0.502 e. The Morgan fingerprint density at radius 1 is 1.17 bits per heavy atom. The van der Waals surface area contributed by atoms with Gasteiger partial charge in [0.15, 0.2) is 5.76 Å². The van der Waals surface area contributed by atoms with Crippen molar-refractivity contribution in [2.75, 3.05) is 33.9 Å². The lowest BCUT2D eigenvalue weighted by Gasteiger charge is -2.43. The normalized spacial score (nSPS) is 21.1. The van der Waals surface area contributed by atoms with E-state index in [9.17, 15) is 14.7 Å². The molecule has 1 aromatic rings. The Balaban J connectivity index is 1.79. The number of carbonyl (C=O) groups is 1. The first-order valence-electron chi connectivity index (χ1n) is 10.6. The van der Waals surface area contributed by atoms with E-state index < -0.39 is 10.8 Å². The number of carbonyl (C=O) groups excluding carboxylic acids is 1. The van der Waals surface area contributed by atoms with Gasteiger partial charge in [-0.1, -0.05) is 19.3 Å². The van der Waals surface area contributed by atoms with Gasteiger partial charge in [0, 0.05) is 43.2 Å². The van der Waals surface area contributed by atoms with Gasteiger partial charge in [-0.05, 0) is 46.7 Å². The summed E-state index contributed by atoms with van der Waals surface area (Å²) in [5, 5.41) is 13.6. The molecular weight excluding hydrogens is 372 g/mol. The molecule has 7 heteroatoms. The van der Waals surface area contributed by atoms with Crippen molar-refractivity contribution in [3.63, 3.8) is 0 Å². The largest absolute Gasteiger partial charge is 0.502 e. The first kappa shape index (κ1) is 21.8. The zero-order valence-electron chi connectivity index (χ0n) is 17.9. The number of amides is 1. The van der Waals surface area contributed by atoms with Crippen molar-refractivity contribution in [1.29, 1.82) is 0 Å². The molecule has 1 saturated carbocycles. The topological polar surface area (TPSA) is 92.0 Å². The third kappa shape index (κ3) is 4.67. The third-order valence-corrected chi connectivity index (χ3v) is 6.82. The summed E-state index contributed by atoms with van der Waals surface area (Å²) in [5.74, 6) is 0.188. The van der Waals surface area contributed by atoms with Crippen LogP contribution < -0.4 is 10.7 Å². The minimum atomic E-state index is -0.727. The zero-order valence-corrected chi connectivity index (χ0v) is 17.9. The Morgan fingerprint density at radius 2 is 1.83 bits per heavy atom. The van der Waals surface area contributed by atoms with E-state index in [1.165, 1.54) is 25.3 Å². The monoisotopic (exact) mass is 406 g/mol. The summed E-state index contributed by atoms with van der Waals surface area (Å²) in [5.41, 5.74) is -1.20. The molecule has 2 fully saturated rings. The molecule has 0 spiro atoms. The van der Waals surface area contributed by atoms with Gasteiger partial charge in [0.1, 0.15) is 5.76 Å². The van der Waals surface area contributed by atoms with Crippen LogP contribution in [0.1, 0.15) is 62.9 Å². The predicted octanol–water partition coefficient (Wildman–Crippen LogP) is 2.47. The smallest absolute Gasteiger partial charge is 0.227 e. The van der Waals surface area contributed by atoms with Crippen LogP contribution in [0.25, 0.3) is 0 Å². The molecule has 0 aromatic carbocycles. The molecular formula is C22H34N2O5. The number of ether oxygens (including phenoxy) is 1. The molecule has 3 rings (SSSR count). The predicted molar refractivity (Wildman–Crippen MR) is 110 cm³/mol. The van der Waals surface area contributed by atoms with Gasteiger partial charge in [-0.2, -0.15) is 0 Å². The first-order chi connectivity index (χ1) is 13.8. The number of rotatable bonds is 6. The van der Waals surface area contributed by atoms with Crippen molar-refractivity contribution in [3.8, 4) is 5.75 Å². The zero-order chi connectivity index (χ0) is 21.1. The Bertz CT molecular complexity index is 774. The molecule has 0 unspecified atom stereocenters. The highest BCUT2D eigenvalue weighted by atomic mass is 16.5. The summed E-state index contributed by atoms with van der Waals surface area (Å²) in [4.78, 5) is 27.4. The van der Waals surface area contributed by atoms with Gasteiger partial charge in [-0.25, -0.2) is 0 Å². The lowest BCUT2D eigenvalue weighted by molar-refractivity contribution is -0.124. The van der Waals surface area contributed by atoms with Crippen LogP contribution in [0.15, 0.2) is 15.3 Å². The van der Waals surface area contributed by atoms with E-state index >= 15 is 0 Å². The summed E-state index contributed by atoms with van der Waals surface area (Å²) >= 11 is 0. The van der Waals surface area contributed by atoms with Crippen LogP contribution in [0, 0.1) is 6.92 Å². The molecule has 0 bridgehead atoms. The number of hydrogen-bond donors (Lipinski definition) is 2.